The van der Waals surface area contributed by atoms with Gasteiger partial charge in [-0.1, -0.05) is 12.8 Å². The van der Waals surface area contributed by atoms with Gasteiger partial charge in [0.1, 0.15) is 5.69 Å². The maximum absolute atomic E-state index is 12.5. The van der Waals surface area contributed by atoms with E-state index in [0.717, 1.165) is 19.3 Å². The molecule has 3 rings (SSSR count). The van der Waals surface area contributed by atoms with Gasteiger partial charge in [0, 0.05) is 12.8 Å². The molecule has 1 saturated carbocycles. The van der Waals surface area contributed by atoms with Crippen LogP contribution >= 0.6 is 0 Å². The molecule has 0 aromatic carbocycles. The van der Waals surface area contributed by atoms with E-state index in [2.05, 4.69) is 10.4 Å². The molecule has 1 saturated heterocycles. The van der Waals surface area contributed by atoms with Gasteiger partial charge < -0.3 is 10.1 Å². The summed E-state index contributed by atoms with van der Waals surface area (Å²) in [6.07, 6.45) is 7.31. The average molecular weight is 277 g/mol. The van der Waals surface area contributed by atoms with Crippen molar-refractivity contribution in [3.63, 3.8) is 0 Å². The fraction of sp³-hybridized carbons (Fsp3) is 0.733. The SMILES string of the molecule is CC1(C)OCCC1NC(=O)c1ccnn1C1CCCC1. The summed E-state index contributed by atoms with van der Waals surface area (Å²) in [7, 11) is 0. The van der Waals surface area contributed by atoms with Crippen LogP contribution in [0.25, 0.3) is 0 Å². The van der Waals surface area contributed by atoms with Gasteiger partial charge >= 0.3 is 0 Å². The second-order valence-corrected chi connectivity index (χ2v) is 6.37. The average Bonchev–Trinajstić information content (AvgIpc) is 3.10. The monoisotopic (exact) mass is 277 g/mol. The summed E-state index contributed by atoms with van der Waals surface area (Å²) in [5, 5.41) is 7.47. The molecule has 5 nitrogen and oxygen atoms in total. The highest BCUT2D eigenvalue weighted by molar-refractivity contribution is 5.92. The highest BCUT2D eigenvalue weighted by Crippen LogP contribution is 2.30. The van der Waals surface area contributed by atoms with Crippen LogP contribution < -0.4 is 5.32 Å². The summed E-state index contributed by atoms with van der Waals surface area (Å²) in [4.78, 5) is 12.5. The Balaban J connectivity index is 1.73. The van der Waals surface area contributed by atoms with Crippen molar-refractivity contribution in [3.8, 4) is 0 Å². The van der Waals surface area contributed by atoms with Crippen molar-refractivity contribution in [2.75, 3.05) is 6.61 Å². The predicted molar refractivity (Wildman–Crippen MR) is 75.6 cm³/mol. The lowest BCUT2D eigenvalue weighted by atomic mass is 9.99. The number of hydrogen-bond acceptors (Lipinski definition) is 3. The molecule has 1 amide bonds. The number of nitrogens with one attached hydrogen (secondary N) is 1. The maximum atomic E-state index is 12.5. The van der Waals surface area contributed by atoms with Crippen LogP contribution in [0.4, 0.5) is 0 Å². The van der Waals surface area contributed by atoms with E-state index in [1.54, 1.807) is 6.20 Å². The molecule has 1 atom stereocenters. The van der Waals surface area contributed by atoms with E-state index in [9.17, 15) is 4.79 Å². The molecule has 20 heavy (non-hydrogen) atoms. The van der Waals surface area contributed by atoms with Crippen molar-refractivity contribution >= 4 is 5.91 Å². The van der Waals surface area contributed by atoms with Crippen LogP contribution in [0, 0.1) is 0 Å². The largest absolute Gasteiger partial charge is 0.373 e. The van der Waals surface area contributed by atoms with E-state index >= 15 is 0 Å². The van der Waals surface area contributed by atoms with Gasteiger partial charge in [-0.25, -0.2) is 0 Å². The maximum Gasteiger partial charge on any atom is 0.269 e. The van der Waals surface area contributed by atoms with E-state index in [1.807, 2.05) is 24.6 Å². The second kappa shape index (κ2) is 5.20. The summed E-state index contributed by atoms with van der Waals surface area (Å²) < 4.78 is 7.57. The summed E-state index contributed by atoms with van der Waals surface area (Å²) in [6, 6.07) is 2.27. The lowest BCUT2D eigenvalue weighted by molar-refractivity contribution is 0.0211. The minimum absolute atomic E-state index is 0.0297. The van der Waals surface area contributed by atoms with E-state index in [0.29, 0.717) is 18.3 Å². The third kappa shape index (κ3) is 2.46. The number of amides is 1. The van der Waals surface area contributed by atoms with Crippen LogP contribution in [-0.2, 0) is 4.74 Å². The van der Waals surface area contributed by atoms with Crippen LogP contribution in [0.3, 0.4) is 0 Å². The Labute approximate surface area is 119 Å². The minimum Gasteiger partial charge on any atom is -0.373 e. The smallest absolute Gasteiger partial charge is 0.269 e. The first-order valence-corrected chi connectivity index (χ1v) is 7.56. The zero-order valence-corrected chi connectivity index (χ0v) is 12.3. The van der Waals surface area contributed by atoms with Gasteiger partial charge in [-0.2, -0.15) is 5.10 Å². The molecule has 2 aliphatic rings. The molecule has 2 fully saturated rings. The van der Waals surface area contributed by atoms with Gasteiger partial charge in [0.05, 0.1) is 17.7 Å². The molecule has 2 heterocycles. The number of carbonyl (C=O) groups is 1. The first-order chi connectivity index (χ1) is 9.58. The lowest BCUT2D eigenvalue weighted by Crippen LogP contribution is -2.46. The van der Waals surface area contributed by atoms with Gasteiger partial charge in [0.15, 0.2) is 0 Å². The summed E-state index contributed by atoms with van der Waals surface area (Å²) in [5.74, 6) is -0.0297. The molecular weight excluding hydrogens is 254 g/mol. The van der Waals surface area contributed by atoms with Gasteiger partial charge in [-0.15, -0.1) is 0 Å². The van der Waals surface area contributed by atoms with Crippen molar-refractivity contribution in [2.45, 2.75) is 63.6 Å². The van der Waals surface area contributed by atoms with Crippen molar-refractivity contribution in [1.29, 1.82) is 0 Å². The number of carbonyl (C=O) groups excluding carboxylic acids is 1. The Morgan fingerprint density at radius 2 is 2.15 bits per heavy atom. The van der Waals surface area contributed by atoms with Crippen molar-refractivity contribution in [2.24, 2.45) is 0 Å². The molecular formula is C15H23N3O2. The van der Waals surface area contributed by atoms with Crippen LogP contribution in [0.5, 0.6) is 0 Å². The summed E-state index contributed by atoms with van der Waals surface area (Å²) in [6.45, 7) is 4.76. The summed E-state index contributed by atoms with van der Waals surface area (Å²) >= 11 is 0. The standard InChI is InChI=1S/C15H23N3O2/c1-15(2)13(8-10-20-15)17-14(19)12-7-9-16-18(12)11-5-3-4-6-11/h7,9,11,13H,3-6,8,10H2,1-2H3,(H,17,19). The van der Waals surface area contributed by atoms with Gasteiger partial charge in [-0.3, -0.25) is 9.48 Å². The zero-order chi connectivity index (χ0) is 14.2. The molecule has 0 bridgehead atoms. The first kappa shape index (κ1) is 13.6. The lowest BCUT2D eigenvalue weighted by Gasteiger charge is -2.26. The molecule has 1 unspecified atom stereocenters. The van der Waals surface area contributed by atoms with Crippen molar-refractivity contribution < 1.29 is 9.53 Å². The van der Waals surface area contributed by atoms with Crippen LogP contribution in [0.15, 0.2) is 12.3 Å². The number of ether oxygens (including phenoxy) is 1. The third-order valence-corrected chi connectivity index (χ3v) is 4.60. The van der Waals surface area contributed by atoms with Crippen LogP contribution in [0.1, 0.15) is 62.5 Å². The molecule has 1 aromatic rings. The van der Waals surface area contributed by atoms with Crippen molar-refractivity contribution in [3.05, 3.63) is 18.0 Å². The Morgan fingerprint density at radius 1 is 1.40 bits per heavy atom. The molecule has 1 aliphatic heterocycles. The molecule has 1 N–H and O–H groups in total. The third-order valence-electron chi connectivity index (χ3n) is 4.60. The predicted octanol–water partition coefficient (Wildman–Crippen LogP) is 2.30. The number of nitrogens with zero attached hydrogens (tertiary/aromatic N) is 2. The van der Waals surface area contributed by atoms with Gasteiger partial charge in [0.2, 0.25) is 0 Å². The number of hydrogen-bond donors (Lipinski definition) is 1. The quantitative estimate of drug-likeness (QED) is 0.922. The molecule has 1 aromatic heterocycles. The normalized spacial score (nSPS) is 26.0. The Hall–Kier alpha value is -1.36. The highest BCUT2D eigenvalue weighted by Gasteiger charge is 2.37. The molecule has 5 heteroatoms. The van der Waals surface area contributed by atoms with Crippen LogP contribution in [-0.4, -0.2) is 33.9 Å². The fourth-order valence-electron chi connectivity index (χ4n) is 3.30. The van der Waals surface area contributed by atoms with E-state index in [-0.39, 0.29) is 17.6 Å². The first-order valence-electron chi connectivity index (χ1n) is 7.56. The van der Waals surface area contributed by atoms with E-state index in [1.165, 1.54) is 12.8 Å². The zero-order valence-electron chi connectivity index (χ0n) is 12.3. The number of aromatic nitrogens is 2. The molecule has 1 aliphatic carbocycles. The Morgan fingerprint density at radius 3 is 2.80 bits per heavy atom. The topological polar surface area (TPSA) is 56.1 Å². The van der Waals surface area contributed by atoms with E-state index < -0.39 is 0 Å². The Bertz CT molecular complexity index is 489. The van der Waals surface area contributed by atoms with Gasteiger partial charge in [0.25, 0.3) is 5.91 Å². The van der Waals surface area contributed by atoms with E-state index in [4.69, 9.17) is 4.74 Å². The second-order valence-electron chi connectivity index (χ2n) is 6.37. The molecule has 0 spiro atoms. The van der Waals surface area contributed by atoms with Gasteiger partial charge in [-0.05, 0) is 39.2 Å². The summed E-state index contributed by atoms with van der Waals surface area (Å²) in [5.41, 5.74) is 0.396. The van der Waals surface area contributed by atoms with Crippen molar-refractivity contribution in [1.82, 2.24) is 15.1 Å². The van der Waals surface area contributed by atoms with Crippen LogP contribution in [0.2, 0.25) is 0 Å². The fourth-order valence-corrected chi connectivity index (χ4v) is 3.30. The Kier molecular flexibility index (Phi) is 3.54. The molecule has 0 radical (unpaired) electrons. The minimum atomic E-state index is -0.284. The highest BCUT2D eigenvalue weighted by atomic mass is 16.5. The number of rotatable bonds is 3. The molecule has 110 valence electrons.